The number of benzene rings is 2. The van der Waals surface area contributed by atoms with E-state index in [4.69, 9.17) is 0 Å². The Labute approximate surface area is 192 Å². The number of halogens is 1. The third kappa shape index (κ3) is 3.85. The van der Waals surface area contributed by atoms with Crippen molar-refractivity contribution >= 4 is 43.0 Å². The van der Waals surface area contributed by atoms with Crippen molar-refractivity contribution in [1.82, 2.24) is 9.55 Å². The molecular weight excluding hydrogens is 465 g/mol. The van der Waals surface area contributed by atoms with Crippen molar-refractivity contribution in [2.75, 3.05) is 17.1 Å². The highest BCUT2D eigenvalue weighted by molar-refractivity contribution is 7.92. The summed E-state index contributed by atoms with van der Waals surface area (Å²) >= 11 is 1.31. The van der Waals surface area contributed by atoms with Gasteiger partial charge in [0, 0.05) is 23.1 Å². The van der Waals surface area contributed by atoms with E-state index >= 15 is 0 Å². The molecule has 4 aromatic rings. The molecule has 168 valence electrons. The Kier molecular flexibility index (Phi) is 5.13. The molecule has 5 rings (SSSR count). The maximum Gasteiger partial charge on any atom is 0.263 e. The number of nitrogens with zero attached hydrogens (tertiary/aromatic N) is 3. The molecule has 0 saturated heterocycles. The lowest BCUT2D eigenvalue weighted by Gasteiger charge is -2.16. The van der Waals surface area contributed by atoms with Crippen LogP contribution in [0.4, 0.5) is 10.1 Å². The topological polar surface area (TPSA) is 89.3 Å². The van der Waals surface area contributed by atoms with Crippen LogP contribution in [0.2, 0.25) is 0 Å². The molecule has 0 radical (unpaired) electrons. The van der Waals surface area contributed by atoms with Crippen molar-refractivity contribution in [2.45, 2.75) is 13.0 Å². The van der Waals surface area contributed by atoms with Gasteiger partial charge in [0.1, 0.15) is 10.6 Å². The van der Waals surface area contributed by atoms with E-state index < -0.39 is 10.0 Å². The maximum absolute atomic E-state index is 13.3. The Morgan fingerprint density at radius 1 is 1.18 bits per heavy atom. The van der Waals surface area contributed by atoms with Crippen LogP contribution in [0.1, 0.15) is 15.9 Å². The van der Waals surface area contributed by atoms with Gasteiger partial charge >= 0.3 is 0 Å². The number of rotatable bonds is 5. The van der Waals surface area contributed by atoms with Crippen molar-refractivity contribution in [3.63, 3.8) is 0 Å². The summed E-state index contributed by atoms with van der Waals surface area (Å²) < 4.78 is 39.7. The van der Waals surface area contributed by atoms with Crippen LogP contribution in [0.5, 0.6) is 0 Å². The Morgan fingerprint density at radius 3 is 2.67 bits per heavy atom. The summed E-state index contributed by atoms with van der Waals surface area (Å²) in [5, 5.41) is 2.19. The molecule has 2 aromatic heterocycles. The number of hydrogen-bond donors (Lipinski definition) is 0. The summed E-state index contributed by atoms with van der Waals surface area (Å²) in [4.78, 5) is 31.0. The smallest absolute Gasteiger partial charge is 0.263 e. The van der Waals surface area contributed by atoms with Gasteiger partial charge in [0.05, 0.1) is 30.2 Å². The van der Waals surface area contributed by atoms with E-state index in [2.05, 4.69) is 4.98 Å². The van der Waals surface area contributed by atoms with E-state index in [1.807, 2.05) is 0 Å². The van der Waals surface area contributed by atoms with Crippen molar-refractivity contribution in [2.24, 2.45) is 0 Å². The molecule has 1 aliphatic rings. The van der Waals surface area contributed by atoms with Crippen molar-refractivity contribution in [3.8, 4) is 11.1 Å². The Morgan fingerprint density at radius 2 is 1.94 bits per heavy atom. The first kappa shape index (κ1) is 21.5. The van der Waals surface area contributed by atoms with Gasteiger partial charge in [-0.2, -0.15) is 0 Å². The molecular formula is C23H18FN3O4S2. The fourth-order valence-electron chi connectivity index (χ4n) is 4.06. The third-order valence-electron chi connectivity index (χ3n) is 5.68. The molecule has 2 aromatic carbocycles. The first-order valence-electron chi connectivity index (χ1n) is 10.1. The molecule has 0 amide bonds. The molecule has 0 unspecified atom stereocenters. The lowest BCUT2D eigenvalue weighted by molar-refractivity contribution is 0.0970. The molecule has 0 atom stereocenters. The normalized spacial score (nSPS) is 13.5. The van der Waals surface area contributed by atoms with E-state index in [1.54, 1.807) is 35.7 Å². The zero-order valence-electron chi connectivity index (χ0n) is 17.5. The average molecular weight is 484 g/mol. The largest absolute Gasteiger partial charge is 0.292 e. The van der Waals surface area contributed by atoms with Crippen LogP contribution in [0, 0.1) is 5.82 Å². The Hall–Kier alpha value is -3.37. The highest BCUT2D eigenvalue weighted by Crippen LogP contribution is 2.32. The molecule has 0 spiro atoms. The lowest BCUT2D eigenvalue weighted by Crippen LogP contribution is -2.27. The quantitative estimate of drug-likeness (QED) is 0.406. The minimum Gasteiger partial charge on any atom is -0.292 e. The highest BCUT2D eigenvalue weighted by Gasteiger charge is 2.27. The molecule has 3 heterocycles. The molecule has 33 heavy (non-hydrogen) atoms. The molecule has 0 aliphatic carbocycles. The second-order valence-electron chi connectivity index (χ2n) is 7.87. The number of sulfonamides is 1. The van der Waals surface area contributed by atoms with E-state index in [9.17, 15) is 22.4 Å². The van der Waals surface area contributed by atoms with Crippen LogP contribution in [-0.4, -0.2) is 36.6 Å². The van der Waals surface area contributed by atoms with Crippen molar-refractivity contribution in [3.05, 3.63) is 81.5 Å². The number of fused-ring (bicyclic) bond motifs is 2. The van der Waals surface area contributed by atoms with Crippen LogP contribution in [0.15, 0.2) is 59.0 Å². The van der Waals surface area contributed by atoms with Gasteiger partial charge in [-0.3, -0.25) is 18.5 Å². The number of aromatic nitrogens is 2. The van der Waals surface area contributed by atoms with E-state index in [-0.39, 0.29) is 23.7 Å². The molecule has 1 aliphatic heterocycles. The van der Waals surface area contributed by atoms with E-state index in [1.165, 1.54) is 38.7 Å². The SMILES string of the molecule is CS(=O)(=O)N1CCc2cc(C(=O)Cn3cnc4scc(-c5ccc(F)cc5)c4c3=O)ccc21. The first-order valence-corrected chi connectivity index (χ1v) is 12.8. The van der Waals surface area contributed by atoms with Crippen molar-refractivity contribution < 1.29 is 17.6 Å². The van der Waals surface area contributed by atoms with Crippen LogP contribution in [0.3, 0.4) is 0 Å². The van der Waals surface area contributed by atoms with Gasteiger partial charge in [0.25, 0.3) is 5.56 Å². The zero-order chi connectivity index (χ0) is 23.3. The minimum atomic E-state index is -3.37. The maximum atomic E-state index is 13.3. The van der Waals surface area contributed by atoms with E-state index in [0.29, 0.717) is 45.6 Å². The van der Waals surface area contributed by atoms with Crippen LogP contribution >= 0.6 is 11.3 Å². The molecule has 0 bridgehead atoms. The molecule has 10 heteroatoms. The molecule has 7 nitrogen and oxygen atoms in total. The second-order valence-corrected chi connectivity index (χ2v) is 10.6. The zero-order valence-corrected chi connectivity index (χ0v) is 19.1. The van der Waals surface area contributed by atoms with Crippen LogP contribution in [-0.2, 0) is 23.0 Å². The Balaban J connectivity index is 1.47. The third-order valence-corrected chi connectivity index (χ3v) is 7.75. The van der Waals surface area contributed by atoms with E-state index in [0.717, 1.165) is 11.8 Å². The summed E-state index contributed by atoms with van der Waals surface area (Å²) in [5.74, 6) is -0.647. The predicted octanol–water partition coefficient (Wildman–Crippen LogP) is 3.47. The second kappa shape index (κ2) is 7.89. The number of carbonyl (C=O) groups is 1. The van der Waals surface area contributed by atoms with Crippen LogP contribution < -0.4 is 9.86 Å². The summed E-state index contributed by atoms with van der Waals surface area (Å²) in [6.07, 6.45) is 3.03. The highest BCUT2D eigenvalue weighted by atomic mass is 32.2. The number of carbonyl (C=O) groups excluding carboxylic acids is 1. The predicted molar refractivity (Wildman–Crippen MR) is 126 cm³/mol. The molecule has 0 saturated carbocycles. The summed E-state index contributed by atoms with van der Waals surface area (Å²) in [5.41, 5.74) is 2.76. The van der Waals surface area contributed by atoms with Crippen LogP contribution in [0.25, 0.3) is 21.3 Å². The molecule has 0 fully saturated rings. The van der Waals surface area contributed by atoms with Gasteiger partial charge in [-0.1, -0.05) is 12.1 Å². The van der Waals surface area contributed by atoms with Gasteiger partial charge in [0.15, 0.2) is 5.78 Å². The fourth-order valence-corrected chi connectivity index (χ4v) is 5.92. The standard InChI is InChI=1S/C23H18FN3O4S2/c1-33(30,31)27-9-8-15-10-16(4-7-19(15)27)20(28)11-26-13-25-22-21(23(26)29)18(12-32-22)14-2-5-17(24)6-3-14/h2-7,10,12-13H,8-9,11H2,1H3. The number of hydrogen-bond acceptors (Lipinski definition) is 6. The van der Waals surface area contributed by atoms with Gasteiger partial charge in [-0.05, 0) is 47.9 Å². The lowest BCUT2D eigenvalue weighted by atomic mass is 10.0. The van der Waals surface area contributed by atoms with Gasteiger partial charge < -0.3 is 0 Å². The summed E-state index contributed by atoms with van der Waals surface area (Å²) in [7, 11) is -3.37. The average Bonchev–Trinajstić information content (AvgIpc) is 3.40. The van der Waals surface area contributed by atoms with Crippen molar-refractivity contribution in [1.29, 1.82) is 0 Å². The van der Waals surface area contributed by atoms with Gasteiger partial charge in [-0.25, -0.2) is 17.8 Å². The molecule has 0 N–H and O–H groups in total. The number of ketones is 1. The summed E-state index contributed by atoms with van der Waals surface area (Å²) in [6.45, 7) is 0.144. The van der Waals surface area contributed by atoms with Gasteiger partial charge in [0.2, 0.25) is 10.0 Å². The Bertz CT molecular complexity index is 1570. The minimum absolute atomic E-state index is 0.199. The number of thiophene rings is 1. The fraction of sp³-hybridized carbons (Fsp3) is 0.174. The summed E-state index contributed by atoms with van der Waals surface area (Å²) in [6, 6.07) is 10.8. The van der Waals surface area contributed by atoms with Gasteiger partial charge in [-0.15, -0.1) is 11.3 Å². The first-order chi connectivity index (χ1) is 15.7. The number of anilines is 1. The monoisotopic (exact) mass is 483 g/mol. The number of Topliss-reactive ketones (excluding diaryl/α,β-unsaturated/α-hetero) is 1.